The van der Waals surface area contributed by atoms with Crippen LogP contribution in [0.5, 0.6) is 0 Å². The molecular formula is C16H23N3O. The van der Waals surface area contributed by atoms with Crippen molar-refractivity contribution in [3.63, 3.8) is 0 Å². The van der Waals surface area contributed by atoms with Gasteiger partial charge in [-0.2, -0.15) is 4.98 Å². The molecule has 20 heavy (non-hydrogen) atoms. The molecule has 108 valence electrons. The third-order valence-corrected chi connectivity index (χ3v) is 3.91. The molecule has 0 spiro atoms. The summed E-state index contributed by atoms with van der Waals surface area (Å²) in [4.78, 5) is 7.01. The van der Waals surface area contributed by atoms with Gasteiger partial charge in [-0.25, -0.2) is 0 Å². The van der Waals surface area contributed by atoms with Crippen molar-refractivity contribution < 1.29 is 4.42 Å². The molecule has 0 bridgehead atoms. The van der Waals surface area contributed by atoms with Gasteiger partial charge in [0.25, 0.3) is 6.01 Å². The van der Waals surface area contributed by atoms with E-state index in [-0.39, 0.29) is 0 Å². The number of piperidine rings is 1. The van der Waals surface area contributed by atoms with Crippen LogP contribution in [0.3, 0.4) is 0 Å². The number of oxazole rings is 1. The fourth-order valence-corrected chi connectivity index (χ4v) is 2.86. The SMILES string of the molecule is CC(CNc1nc2ccccc2o1)CN1CCCCC1. The molecule has 2 aromatic rings. The number of hydrogen-bond donors (Lipinski definition) is 1. The Morgan fingerprint density at radius 1 is 1.25 bits per heavy atom. The number of hydrogen-bond acceptors (Lipinski definition) is 4. The lowest BCUT2D eigenvalue weighted by Gasteiger charge is -2.29. The molecule has 3 rings (SSSR count). The highest BCUT2D eigenvalue weighted by atomic mass is 16.4. The molecular weight excluding hydrogens is 250 g/mol. The van der Waals surface area contributed by atoms with Gasteiger partial charge in [0.05, 0.1) is 0 Å². The highest BCUT2D eigenvalue weighted by Gasteiger charge is 2.14. The van der Waals surface area contributed by atoms with Gasteiger partial charge in [0.1, 0.15) is 5.52 Å². The highest BCUT2D eigenvalue weighted by molar-refractivity contribution is 5.74. The lowest BCUT2D eigenvalue weighted by atomic mass is 10.1. The van der Waals surface area contributed by atoms with E-state index < -0.39 is 0 Å². The monoisotopic (exact) mass is 273 g/mol. The largest absolute Gasteiger partial charge is 0.424 e. The molecule has 1 aromatic heterocycles. The first-order valence-corrected chi connectivity index (χ1v) is 7.63. The number of fused-ring (bicyclic) bond motifs is 1. The molecule has 2 heterocycles. The molecule has 1 saturated heterocycles. The zero-order valence-corrected chi connectivity index (χ0v) is 12.1. The first-order valence-electron chi connectivity index (χ1n) is 7.63. The Bertz CT molecular complexity index is 512. The van der Waals surface area contributed by atoms with E-state index in [2.05, 4.69) is 22.1 Å². The second-order valence-corrected chi connectivity index (χ2v) is 5.83. The predicted octanol–water partition coefficient (Wildman–Crippen LogP) is 3.36. The van der Waals surface area contributed by atoms with Crippen LogP contribution in [0, 0.1) is 5.92 Å². The van der Waals surface area contributed by atoms with Crippen molar-refractivity contribution in [3.8, 4) is 0 Å². The Hall–Kier alpha value is -1.55. The van der Waals surface area contributed by atoms with Gasteiger partial charge in [0.2, 0.25) is 0 Å². The number of likely N-dealkylation sites (tertiary alicyclic amines) is 1. The van der Waals surface area contributed by atoms with Crippen LogP contribution in [0.1, 0.15) is 26.2 Å². The summed E-state index contributed by atoms with van der Waals surface area (Å²) in [7, 11) is 0. The predicted molar refractivity (Wildman–Crippen MR) is 82.0 cm³/mol. The molecule has 4 heteroatoms. The van der Waals surface area contributed by atoms with Crippen LogP contribution < -0.4 is 5.32 Å². The number of benzene rings is 1. The van der Waals surface area contributed by atoms with Crippen LogP contribution >= 0.6 is 0 Å². The molecule has 1 aliphatic rings. The maximum atomic E-state index is 5.67. The van der Waals surface area contributed by atoms with E-state index in [1.165, 1.54) is 32.4 Å². The van der Waals surface area contributed by atoms with E-state index in [4.69, 9.17) is 4.42 Å². The Labute approximate surface area is 120 Å². The normalized spacial score (nSPS) is 18.2. The van der Waals surface area contributed by atoms with Crippen molar-refractivity contribution in [2.75, 3.05) is 31.5 Å². The number of anilines is 1. The van der Waals surface area contributed by atoms with Gasteiger partial charge < -0.3 is 14.6 Å². The van der Waals surface area contributed by atoms with Crippen molar-refractivity contribution >= 4 is 17.1 Å². The second-order valence-electron chi connectivity index (χ2n) is 5.83. The smallest absolute Gasteiger partial charge is 0.295 e. The summed E-state index contributed by atoms with van der Waals surface area (Å²) in [6.07, 6.45) is 4.10. The van der Waals surface area contributed by atoms with Crippen molar-refractivity contribution in [1.29, 1.82) is 0 Å². The molecule has 1 N–H and O–H groups in total. The standard InChI is InChI=1S/C16H23N3O/c1-13(12-19-9-5-2-6-10-19)11-17-16-18-14-7-3-4-8-15(14)20-16/h3-4,7-8,13H,2,5-6,9-12H2,1H3,(H,17,18). The molecule has 1 aromatic carbocycles. The third kappa shape index (κ3) is 3.31. The lowest BCUT2D eigenvalue weighted by Crippen LogP contribution is -2.35. The molecule has 1 atom stereocenters. The number of para-hydroxylation sites is 2. The zero-order chi connectivity index (χ0) is 13.8. The van der Waals surface area contributed by atoms with E-state index in [1.54, 1.807) is 0 Å². The van der Waals surface area contributed by atoms with Gasteiger partial charge in [0.15, 0.2) is 5.58 Å². The topological polar surface area (TPSA) is 41.3 Å². The summed E-state index contributed by atoms with van der Waals surface area (Å²) in [5.74, 6) is 0.600. The average molecular weight is 273 g/mol. The summed E-state index contributed by atoms with van der Waals surface area (Å²) in [5.41, 5.74) is 1.76. The number of nitrogens with zero attached hydrogens (tertiary/aromatic N) is 2. The van der Waals surface area contributed by atoms with Crippen LogP contribution in [0.15, 0.2) is 28.7 Å². The van der Waals surface area contributed by atoms with E-state index in [1.807, 2.05) is 24.3 Å². The van der Waals surface area contributed by atoms with E-state index >= 15 is 0 Å². The minimum atomic E-state index is 0.600. The van der Waals surface area contributed by atoms with Crippen LogP contribution in [0.4, 0.5) is 6.01 Å². The lowest BCUT2D eigenvalue weighted by molar-refractivity contribution is 0.204. The van der Waals surface area contributed by atoms with Gasteiger partial charge in [0, 0.05) is 13.1 Å². The quantitative estimate of drug-likeness (QED) is 0.907. The first-order chi connectivity index (χ1) is 9.81. The Balaban J connectivity index is 1.50. The Morgan fingerprint density at radius 3 is 2.85 bits per heavy atom. The fourth-order valence-electron chi connectivity index (χ4n) is 2.86. The summed E-state index contributed by atoms with van der Waals surface area (Å²) < 4.78 is 5.67. The summed E-state index contributed by atoms with van der Waals surface area (Å²) in [5, 5.41) is 3.32. The average Bonchev–Trinajstić information content (AvgIpc) is 2.89. The summed E-state index contributed by atoms with van der Waals surface area (Å²) in [6, 6.07) is 8.51. The van der Waals surface area contributed by atoms with E-state index in [0.717, 1.165) is 24.2 Å². The van der Waals surface area contributed by atoms with Crippen LogP contribution in [-0.2, 0) is 0 Å². The molecule has 1 unspecified atom stereocenters. The summed E-state index contributed by atoms with van der Waals surface area (Å²) in [6.45, 7) is 6.86. The van der Waals surface area contributed by atoms with Gasteiger partial charge in [-0.1, -0.05) is 25.5 Å². The van der Waals surface area contributed by atoms with Crippen LogP contribution in [0.2, 0.25) is 0 Å². The second kappa shape index (κ2) is 6.27. The van der Waals surface area contributed by atoms with Gasteiger partial charge >= 0.3 is 0 Å². The fraction of sp³-hybridized carbons (Fsp3) is 0.562. The molecule has 0 amide bonds. The molecule has 0 radical (unpaired) electrons. The van der Waals surface area contributed by atoms with Crippen molar-refractivity contribution in [2.24, 2.45) is 5.92 Å². The molecule has 0 aliphatic carbocycles. The number of aromatic nitrogens is 1. The van der Waals surface area contributed by atoms with Gasteiger partial charge in [-0.3, -0.25) is 0 Å². The first kappa shape index (κ1) is 13.4. The van der Waals surface area contributed by atoms with Crippen molar-refractivity contribution in [1.82, 2.24) is 9.88 Å². The van der Waals surface area contributed by atoms with Crippen LogP contribution in [0.25, 0.3) is 11.1 Å². The maximum Gasteiger partial charge on any atom is 0.295 e. The third-order valence-electron chi connectivity index (χ3n) is 3.91. The zero-order valence-electron chi connectivity index (χ0n) is 12.1. The minimum Gasteiger partial charge on any atom is -0.424 e. The van der Waals surface area contributed by atoms with Crippen LogP contribution in [-0.4, -0.2) is 36.1 Å². The maximum absolute atomic E-state index is 5.67. The molecule has 0 saturated carbocycles. The van der Waals surface area contributed by atoms with Gasteiger partial charge in [-0.05, 0) is 44.0 Å². The van der Waals surface area contributed by atoms with E-state index in [0.29, 0.717) is 11.9 Å². The van der Waals surface area contributed by atoms with Crippen molar-refractivity contribution in [3.05, 3.63) is 24.3 Å². The number of rotatable bonds is 5. The van der Waals surface area contributed by atoms with E-state index in [9.17, 15) is 0 Å². The molecule has 1 fully saturated rings. The minimum absolute atomic E-state index is 0.600. The summed E-state index contributed by atoms with van der Waals surface area (Å²) >= 11 is 0. The molecule has 1 aliphatic heterocycles. The highest BCUT2D eigenvalue weighted by Crippen LogP contribution is 2.18. The van der Waals surface area contributed by atoms with Crippen molar-refractivity contribution in [2.45, 2.75) is 26.2 Å². The molecule has 4 nitrogen and oxygen atoms in total. The van der Waals surface area contributed by atoms with Gasteiger partial charge in [-0.15, -0.1) is 0 Å². The number of nitrogens with one attached hydrogen (secondary N) is 1. The Morgan fingerprint density at radius 2 is 2.05 bits per heavy atom. The Kier molecular flexibility index (Phi) is 4.21.